The number of azo groups is 6. The topological polar surface area (TPSA) is 725 Å². The number of nitrogens with one attached hydrogen (secondary N) is 6. The summed E-state index contributed by atoms with van der Waals surface area (Å²) in [6, 6.07) is 33.4. The second kappa shape index (κ2) is 62.3. The van der Waals surface area contributed by atoms with Gasteiger partial charge < -0.3 is 113 Å². The van der Waals surface area contributed by atoms with E-state index >= 15 is 0 Å². The van der Waals surface area contributed by atoms with Gasteiger partial charge in [-0.05, 0) is 296 Å². The molecule has 52 heteroatoms. The molecule has 2 aromatic heterocycles. The SMILES string of the molecule is CC(O)C(=O)O.CC(O)C(=O)O.CC(O)C(=O)O.CCN(CC)CCCNc1nc(NCCCN(CC)CC)nc(Nc2cccc(N=Nc3cc(C)c(N=Nc4c(O)ccc(N=Nc5cc(S(N)(=O)=O)ccc5O)c4O)cc3C)c2)n1.CCN(CC)CCCNc1nc(NCCCN(CC)CC)nc(Nc2cccc(N=Nc3cc(C)c(N=Nc4c(O)ccc(N=Nc5cc(S(N)(=O)=O)ccc5O)c4O)cc3C)c2)n1.[Fe].[H+]. The second-order valence-corrected chi connectivity index (χ2v) is 35.4. The molecule has 0 aliphatic rings. The zero-order valence-electron chi connectivity index (χ0n) is 85.5. The molecule has 22 N–H and O–H groups in total. The number of hydrogen-bond acceptors (Lipinski definition) is 44. The zero-order chi connectivity index (χ0) is 108. The summed E-state index contributed by atoms with van der Waals surface area (Å²) in [4.78, 5) is 65.2. The molecular formula is C95H133FeN30O19S2+. The van der Waals surface area contributed by atoms with Crippen LogP contribution >= 0.6 is 0 Å². The van der Waals surface area contributed by atoms with Crippen LogP contribution < -0.4 is 42.2 Å². The van der Waals surface area contributed by atoms with E-state index in [0.29, 0.717) is 118 Å². The van der Waals surface area contributed by atoms with Gasteiger partial charge in [0.2, 0.25) is 55.7 Å². The average molecular weight is 2120 g/mol. The number of aromatic nitrogens is 6. The van der Waals surface area contributed by atoms with Crippen LogP contribution in [-0.4, -0.2) is 269 Å². The Labute approximate surface area is 865 Å². The second-order valence-electron chi connectivity index (χ2n) is 32.3. The molecule has 2 heterocycles. The molecule has 49 nitrogen and oxygen atoms in total. The number of carbonyl (C=O) groups is 3. The smallest absolute Gasteiger partial charge is 0.506 e. The number of nitrogens with zero attached hydrogens (tertiary/aromatic N) is 22. The Morgan fingerprint density at radius 1 is 0.333 bits per heavy atom. The van der Waals surface area contributed by atoms with E-state index in [9.17, 15) is 61.9 Å². The fourth-order valence-corrected chi connectivity index (χ4v) is 13.6. The summed E-state index contributed by atoms with van der Waals surface area (Å²) in [5.41, 5.74) is 6.17. The maximum Gasteiger partial charge on any atom is 1.00 e. The van der Waals surface area contributed by atoms with Crippen LogP contribution in [0, 0.1) is 27.7 Å². The number of phenolic OH excluding ortho intramolecular Hbond substituents is 6. The van der Waals surface area contributed by atoms with Crippen molar-refractivity contribution in [2.45, 2.75) is 158 Å². The molecule has 3 atom stereocenters. The van der Waals surface area contributed by atoms with E-state index in [0.717, 1.165) is 152 Å². The fourth-order valence-electron chi connectivity index (χ4n) is 12.5. The molecule has 0 saturated heterocycles. The van der Waals surface area contributed by atoms with Crippen LogP contribution in [0.4, 0.5) is 115 Å². The quantitative estimate of drug-likeness (QED) is 0.00956. The molecular weight excluding hydrogens is 1990 g/mol. The van der Waals surface area contributed by atoms with Crippen LogP contribution in [0.3, 0.4) is 0 Å². The Kier molecular flexibility index (Phi) is 52.1. The van der Waals surface area contributed by atoms with Crippen LogP contribution in [0.5, 0.6) is 34.5 Å². The third-order valence-electron chi connectivity index (χ3n) is 21.3. The van der Waals surface area contributed by atoms with E-state index in [1.807, 2.05) is 62.4 Å². The first-order valence-corrected chi connectivity index (χ1v) is 49.8. The molecule has 0 aliphatic carbocycles. The number of carboxylic acid groups (broad SMARTS) is 3. The van der Waals surface area contributed by atoms with E-state index < -0.39 is 67.8 Å². The molecule has 10 rings (SSSR count). The van der Waals surface area contributed by atoms with Crippen molar-refractivity contribution in [1.82, 2.24) is 49.5 Å². The first-order valence-electron chi connectivity index (χ1n) is 46.7. The number of aliphatic carboxylic acids is 3. The van der Waals surface area contributed by atoms with Gasteiger partial charge in [-0.25, -0.2) is 41.5 Å². The summed E-state index contributed by atoms with van der Waals surface area (Å²) in [5.74, 6) is -3.51. The largest absolute Gasteiger partial charge is 1.00 e. The van der Waals surface area contributed by atoms with Crippen molar-refractivity contribution in [3.05, 3.63) is 156 Å². The van der Waals surface area contributed by atoms with Crippen LogP contribution in [0.1, 0.15) is 126 Å². The van der Waals surface area contributed by atoms with Crippen LogP contribution in [0.25, 0.3) is 0 Å². The first kappa shape index (κ1) is 123. The third kappa shape index (κ3) is 42.6. The molecule has 796 valence electrons. The molecule has 147 heavy (non-hydrogen) atoms. The van der Waals surface area contributed by atoms with Crippen molar-refractivity contribution < 1.29 is 111 Å². The number of aliphatic hydroxyl groups is 3. The number of hydrogen-bond donors (Lipinski definition) is 20. The summed E-state index contributed by atoms with van der Waals surface area (Å²) < 4.78 is 47.0. The van der Waals surface area contributed by atoms with Crippen molar-refractivity contribution >= 4 is 153 Å². The summed E-state index contributed by atoms with van der Waals surface area (Å²) in [5, 5.41) is 191. The Bertz CT molecular complexity index is 5930. The van der Waals surface area contributed by atoms with Crippen molar-refractivity contribution in [2.75, 3.05) is 137 Å². The predicted molar refractivity (Wildman–Crippen MR) is 557 cm³/mol. The minimum atomic E-state index is -4.08. The Morgan fingerprint density at radius 2 is 0.571 bits per heavy atom. The summed E-state index contributed by atoms with van der Waals surface area (Å²) >= 11 is 0. The van der Waals surface area contributed by atoms with Gasteiger partial charge in [0, 0.05) is 54.6 Å². The van der Waals surface area contributed by atoms with E-state index in [4.69, 9.17) is 40.9 Å². The standard InChI is InChI=1S/2C43H57N15O5S.3C3H6O3.Fe/c2*1-7-57(8-2)22-12-20-45-41-48-42(46-21-13-23-58(9-3)10-4)50-43(49-41)47-30-14-11-15-31(26-30)51-53-34-24-29(6)35(25-28(34)5)54-56-39-38(60)19-17-33(40(39)61)52-55-36-27-32(64(44,62)63)16-18-37(36)59;3*1-2(4)3(5)6;/h2*11,14-19,24-27,59-61H,7-10,12-13,20-23H2,1-6H3,(H2,44,62,63)(H3,45,46,47,48,49,50);3*2,4H,1H3,(H,5,6);/p+1. The molecule has 0 radical (unpaired) electrons. The molecule has 0 amide bonds. The maximum atomic E-state index is 11.7. The van der Waals surface area contributed by atoms with Crippen molar-refractivity contribution in [2.24, 2.45) is 71.6 Å². The van der Waals surface area contributed by atoms with Gasteiger partial charge in [0.05, 0.1) is 43.9 Å². The van der Waals surface area contributed by atoms with E-state index in [1.54, 1.807) is 38.1 Å². The minimum absolute atomic E-state index is 0. The number of sulfonamides is 2. The number of phenols is 6. The molecule has 0 saturated carbocycles. The number of benzene rings is 8. The van der Waals surface area contributed by atoms with E-state index in [-0.39, 0.29) is 85.4 Å². The average Bonchev–Trinajstić information content (AvgIpc) is 0.810. The number of nitrogens with two attached hydrogens (primary N) is 2. The Balaban J connectivity index is 0.000000521. The van der Waals surface area contributed by atoms with Crippen LogP contribution in [0.15, 0.2) is 205 Å². The van der Waals surface area contributed by atoms with Gasteiger partial charge in [0.15, 0.2) is 22.9 Å². The molecule has 0 aliphatic heterocycles. The number of primary sulfonamides is 2. The van der Waals surface area contributed by atoms with Crippen molar-refractivity contribution in [1.29, 1.82) is 0 Å². The number of aryl methyl sites for hydroxylation is 4. The monoisotopic (exact) mass is 2120 g/mol. The van der Waals surface area contributed by atoms with Crippen LogP contribution in [-0.2, 0) is 51.5 Å². The normalized spacial score (nSPS) is 12.2. The van der Waals surface area contributed by atoms with Gasteiger partial charge >= 0.3 is 19.3 Å². The Morgan fingerprint density at radius 3 is 0.823 bits per heavy atom. The minimum Gasteiger partial charge on any atom is -0.506 e. The van der Waals surface area contributed by atoms with Crippen LogP contribution in [0.2, 0.25) is 0 Å². The third-order valence-corrected chi connectivity index (χ3v) is 23.1. The first-order chi connectivity index (χ1) is 69.3. The zero-order valence-corrected chi connectivity index (χ0v) is 87.2. The number of anilines is 8. The summed E-state index contributed by atoms with van der Waals surface area (Å²) in [6.45, 7) is 43.0. The van der Waals surface area contributed by atoms with Gasteiger partial charge in [-0.1, -0.05) is 67.5 Å². The van der Waals surface area contributed by atoms with E-state index in [1.165, 1.54) is 45.0 Å². The van der Waals surface area contributed by atoms with Gasteiger partial charge in [-0.3, -0.25) is 0 Å². The van der Waals surface area contributed by atoms with Crippen molar-refractivity contribution in [3.8, 4) is 34.5 Å². The van der Waals surface area contributed by atoms with Gasteiger partial charge in [-0.2, -0.15) is 60.6 Å². The fraction of sp³-hybridized carbons (Fsp3) is 0.400. The number of aliphatic hydroxyl groups excluding tert-OH is 3. The number of aromatic hydroxyl groups is 6. The predicted octanol–water partition coefficient (Wildman–Crippen LogP) is 17.5. The number of carboxylic acids is 3. The molecule has 0 bridgehead atoms. The van der Waals surface area contributed by atoms with Gasteiger partial charge in [-0.15, -0.1) is 30.7 Å². The van der Waals surface area contributed by atoms with Crippen molar-refractivity contribution in [3.63, 3.8) is 0 Å². The molecule has 0 spiro atoms. The Hall–Kier alpha value is -14.6. The molecule has 3 unspecified atom stereocenters. The molecule has 10 aromatic rings. The molecule has 8 aromatic carbocycles. The number of rotatable bonds is 49. The maximum absolute atomic E-state index is 11.7. The molecule has 0 fully saturated rings. The van der Waals surface area contributed by atoms with Gasteiger partial charge in [0.25, 0.3) is 0 Å². The van der Waals surface area contributed by atoms with E-state index in [2.05, 4.69) is 198 Å². The van der Waals surface area contributed by atoms with Gasteiger partial charge in [0.1, 0.15) is 64.1 Å². The summed E-state index contributed by atoms with van der Waals surface area (Å²) in [6.07, 6.45) is 0.0869. The summed E-state index contributed by atoms with van der Waals surface area (Å²) in [7, 11) is -8.15.